The fourth-order valence-electron chi connectivity index (χ4n) is 2.06. The number of aliphatic hydroxyl groups is 2. The Balaban J connectivity index is 2.92. The first-order chi connectivity index (χ1) is 11.4. The first-order valence-corrected chi connectivity index (χ1v) is 7.58. The van der Waals surface area contributed by atoms with Crippen molar-refractivity contribution in [2.45, 2.75) is 33.3 Å². The predicted molar refractivity (Wildman–Crippen MR) is 89.3 cm³/mol. The minimum Gasteiger partial charge on any atom is -0.508 e. The van der Waals surface area contributed by atoms with Crippen LogP contribution in [0.4, 0.5) is 0 Å². The summed E-state index contributed by atoms with van der Waals surface area (Å²) in [4.78, 5) is 23.0. The van der Waals surface area contributed by atoms with Gasteiger partial charge < -0.3 is 20.1 Å². The van der Waals surface area contributed by atoms with E-state index in [-0.39, 0.29) is 48.9 Å². The average Bonchev–Trinajstić information content (AvgIpc) is 2.54. The smallest absolute Gasteiger partial charge is 0.306 e. The van der Waals surface area contributed by atoms with Crippen LogP contribution in [0.15, 0.2) is 35.6 Å². The van der Waals surface area contributed by atoms with E-state index in [1.807, 2.05) is 0 Å². The van der Waals surface area contributed by atoms with Gasteiger partial charge in [-0.2, -0.15) is 0 Å². The summed E-state index contributed by atoms with van der Waals surface area (Å²) in [6, 6.07) is 4.59. The van der Waals surface area contributed by atoms with Crippen molar-refractivity contribution in [1.82, 2.24) is 0 Å². The molecule has 0 aromatic heterocycles. The van der Waals surface area contributed by atoms with Crippen molar-refractivity contribution in [3.63, 3.8) is 0 Å². The number of benzene rings is 1. The monoisotopic (exact) mass is 334 g/mol. The molecule has 0 aliphatic rings. The second kappa shape index (κ2) is 9.52. The number of ether oxygens (including phenoxy) is 1. The summed E-state index contributed by atoms with van der Waals surface area (Å²) in [5.41, 5.74) is 1.13. The molecule has 0 bridgehead atoms. The van der Waals surface area contributed by atoms with Crippen LogP contribution in [0.5, 0.6) is 5.75 Å². The number of hydrogen-bond donors (Lipinski definition) is 3. The van der Waals surface area contributed by atoms with Crippen LogP contribution in [0, 0.1) is 0 Å². The minimum absolute atomic E-state index is 0.00846. The van der Waals surface area contributed by atoms with Gasteiger partial charge in [0.2, 0.25) is 0 Å². The first-order valence-electron chi connectivity index (χ1n) is 7.58. The molecule has 0 spiro atoms. The van der Waals surface area contributed by atoms with E-state index in [1.54, 1.807) is 25.1 Å². The predicted octanol–water partition coefficient (Wildman–Crippen LogP) is 2.64. The molecule has 0 saturated heterocycles. The molecule has 0 fully saturated rings. The van der Waals surface area contributed by atoms with E-state index in [0.29, 0.717) is 11.1 Å². The molecule has 0 saturated carbocycles. The van der Waals surface area contributed by atoms with Gasteiger partial charge in [0.25, 0.3) is 0 Å². The number of aromatic hydroxyl groups is 1. The van der Waals surface area contributed by atoms with Gasteiger partial charge in [-0.25, -0.2) is 0 Å². The Morgan fingerprint density at radius 3 is 2.54 bits per heavy atom. The van der Waals surface area contributed by atoms with E-state index in [4.69, 9.17) is 9.84 Å². The molecule has 24 heavy (non-hydrogen) atoms. The van der Waals surface area contributed by atoms with Gasteiger partial charge in [0.05, 0.1) is 13.2 Å². The summed E-state index contributed by atoms with van der Waals surface area (Å²) in [6.07, 6.45) is 2.98. The molecule has 0 radical (unpaired) electrons. The third-order valence-electron chi connectivity index (χ3n) is 3.33. The van der Waals surface area contributed by atoms with Gasteiger partial charge in [-0.1, -0.05) is 12.1 Å². The Kier molecular flexibility index (Phi) is 7.71. The van der Waals surface area contributed by atoms with Gasteiger partial charge in [0.15, 0.2) is 5.78 Å². The first kappa shape index (κ1) is 19.4. The standard InChI is InChI=1S/C18H22O6/c1-3-24-18(23)9-6-15(12(2)20)17(22)8-5-13-4-7-16(21)14(10-13)11-19/h4-5,7-8,10,19,21-22H,3,6,9,11H2,1-2H3/b8-5+,17-15-. The molecule has 0 amide bonds. The van der Waals surface area contributed by atoms with Crippen LogP contribution in [-0.2, 0) is 20.9 Å². The normalized spacial score (nSPS) is 12.1. The SMILES string of the molecule is CCOC(=O)CC/C(C(C)=O)=C(O)\C=C\c1ccc(O)c(CO)c1. The highest BCUT2D eigenvalue weighted by atomic mass is 16.5. The molecule has 0 aliphatic carbocycles. The second-order valence-electron chi connectivity index (χ2n) is 5.10. The zero-order valence-corrected chi connectivity index (χ0v) is 13.8. The summed E-state index contributed by atoms with van der Waals surface area (Å²) >= 11 is 0. The molecule has 6 heteroatoms. The fourth-order valence-corrected chi connectivity index (χ4v) is 2.06. The molecule has 0 unspecified atom stereocenters. The Morgan fingerprint density at radius 1 is 1.25 bits per heavy atom. The maximum atomic E-state index is 11.6. The molecule has 0 atom stereocenters. The molecule has 6 nitrogen and oxygen atoms in total. The highest BCUT2D eigenvalue weighted by Crippen LogP contribution is 2.20. The fraction of sp³-hybridized carbons (Fsp3) is 0.333. The Bertz CT molecular complexity index is 657. The van der Waals surface area contributed by atoms with Crippen molar-refractivity contribution in [3.8, 4) is 5.75 Å². The van der Waals surface area contributed by atoms with Gasteiger partial charge in [0.1, 0.15) is 11.5 Å². The van der Waals surface area contributed by atoms with E-state index in [2.05, 4.69) is 0 Å². The van der Waals surface area contributed by atoms with Gasteiger partial charge in [-0.05, 0) is 44.0 Å². The van der Waals surface area contributed by atoms with E-state index >= 15 is 0 Å². The van der Waals surface area contributed by atoms with Gasteiger partial charge >= 0.3 is 5.97 Å². The lowest BCUT2D eigenvalue weighted by Gasteiger charge is -2.06. The third kappa shape index (κ3) is 5.89. The number of phenols is 1. The summed E-state index contributed by atoms with van der Waals surface area (Å²) < 4.78 is 4.80. The van der Waals surface area contributed by atoms with Crippen molar-refractivity contribution in [2.75, 3.05) is 6.61 Å². The lowest BCUT2D eigenvalue weighted by molar-refractivity contribution is -0.143. The largest absolute Gasteiger partial charge is 0.508 e. The molecule has 3 N–H and O–H groups in total. The van der Waals surface area contributed by atoms with E-state index < -0.39 is 5.97 Å². The topological polar surface area (TPSA) is 104 Å². The van der Waals surface area contributed by atoms with Crippen LogP contribution >= 0.6 is 0 Å². The van der Waals surface area contributed by atoms with E-state index in [1.165, 1.54) is 19.1 Å². The number of carbonyl (C=O) groups is 2. The summed E-state index contributed by atoms with van der Waals surface area (Å²) in [7, 11) is 0. The van der Waals surface area contributed by atoms with Crippen molar-refractivity contribution in [1.29, 1.82) is 0 Å². The summed E-state index contributed by atoms with van der Waals surface area (Å²) in [5, 5.41) is 28.7. The Labute approximate surface area is 140 Å². The average molecular weight is 334 g/mol. The lowest BCUT2D eigenvalue weighted by Crippen LogP contribution is -2.08. The Hall–Kier alpha value is -2.60. The number of aliphatic hydroxyl groups excluding tert-OH is 2. The Morgan fingerprint density at radius 2 is 1.96 bits per heavy atom. The number of hydrogen-bond acceptors (Lipinski definition) is 6. The van der Waals surface area contributed by atoms with Gasteiger partial charge in [-0.15, -0.1) is 0 Å². The highest BCUT2D eigenvalue weighted by Gasteiger charge is 2.12. The van der Waals surface area contributed by atoms with Crippen molar-refractivity contribution >= 4 is 17.8 Å². The molecule has 130 valence electrons. The summed E-state index contributed by atoms with van der Waals surface area (Å²) in [5.74, 6) is -1.01. The molecular formula is C18H22O6. The molecule has 1 aromatic rings. The zero-order chi connectivity index (χ0) is 18.1. The zero-order valence-electron chi connectivity index (χ0n) is 13.8. The number of allylic oxidation sites excluding steroid dienone is 2. The van der Waals surface area contributed by atoms with E-state index in [9.17, 15) is 19.8 Å². The van der Waals surface area contributed by atoms with Crippen LogP contribution in [-0.4, -0.2) is 33.7 Å². The van der Waals surface area contributed by atoms with Crippen LogP contribution < -0.4 is 0 Å². The highest BCUT2D eigenvalue weighted by molar-refractivity contribution is 5.94. The van der Waals surface area contributed by atoms with Gasteiger partial charge in [-0.3, -0.25) is 9.59 Å². The number of rotatable bonds is 8. The van der Waals surface area contributed by atoms with Crippen molar-refractivity contribution in [2.24, 2.45) is 0 Å². The van der Waals surface area contributed by atoms with Crippen LogP contribution in [0.1, 0.15) is 37.8 Å². The van der Waals surface area contributed by atoms with E-state index in [0.717, 1.165) is 0 Å². The second-order valence-corrected chi connectivity index (χ2v) is 5.10. The van der Waals surface area contributed by atoms with Crippen molar-refractivity contribution in [3.05, 3.63) is 46.7 Å². The number of Topliss-reactive ketones (excluding diaryl/α,β-unsaturated/α-hetero) is 1. The maximum absolute atomic E-state index is 11.6. The van der Waals surface area contributed by atoms with Crippen molar-refractivity contribution < 1.29 is 29.6 Å². The number of esters is 1. The molecular weight excluding hydrogens is 312 g/mol. The summed E-state index contributed by atoms with van der Waals surface area (Å²) in [6.45, 7) is 2.96. The lowest BCUT2D eigenvalue weighted by atomic mass is 10.0. The molecule has 1 rings (SSSR count). The molecule has 0 heterocycles. The maximum Gasteiger partial charge on any atom is 0.306 e. The third-order valence-corrected chi connectivity index (χ3v) is 3.33. The van der Waals surface area contributed by atoms with Crippen LogP contribution in [0.3, 0.4) is 0 Å². The number of ketones is 1. The van der Waals surface area contributed by atoms with Crippen LogP contribution in [0.2, 0.25) is 0 Å². The number of carbonyl (C=O) groups excluding carboxylic acids is 2. The molecule has 0 aliphatic heterocycles. The molecule has 1 aromatic carbocycles. The minimum atomic E-state index is -0.431. The van der Waals surface area contributed by atoms with Crippen LogP contribution in [0.25, 0.3) is 6.08 Å². The quantitative estimate of drug-likeness (QED) is 0.292. The van der Waals surface area contributed by atoms with Gasteiger partial charge in [0, 0.05) is 17.6 Å².